The number of benzene rings is 1. The molecule has 3 N–H and O–H groups in total. The summed E-state index contributed by atoms with van der Waals surface area (Å²) in [4.78, 5) is 0. The van der Waals surface area contributed by atoms with Crippen molar-refractivity contribution < 1.29 is 10.2 Å². The molecule has 4 heteroatoms. The molecule has 4 nitrogen and oxygen atoms in total. The van der Waals surface area contributed by atoms with Crippen LogP contribution in [-0.4, -0.2) is 29.9 Å². The van der Waals surface area contributed by atoms with Gasteiger partial charge in [-0.25, -0.2) is 0 Å². The van der Waals surface area contributed by atoms with Crippen LogP contribution in [0.25, 0.3) is 0 Å². The van der Waals surface area contributed by atoms with Crippen LogP contribution < -0.4 is 5.32 Å². The molecule has 2 unspecified atom stereocenters. The molecule has 1 aliphatic carbocycles. The monoisotopic (exact) mass is 246 g/mol. The molecule has 96 valence electrons. The molecule has 1 fully saturated rings. The van der Waals surface area contributed by atoms with Gasteiger partial charge in [0, 0.05) is 6.54 Å². The summed E-state index contributed by atoms with van der Waals surface area (Å²) in [5.41, 5.74) is 1.38. The molecule has 1 aromatic rings. The largest absolute Gasteiger partial charge is 0.389 e. The number of nitrogens with zero attached hydrogens (tertiary/aromatic N) is 1. The van der Waals surface area contributed by atoms with Gasteiger partial charge < -0.3 is 15.5 Å². The molecule has 0 bridgehead atoms. The fourth-order valence-electron chi connectivity index (χ4n) is 2.13. The van der Waals surface area contributed by atoms with Gasteiger partial charge >= 0.3 is 0 Å². The van der Waals surface area contributed by atoms with Crippen LogP contribution in [0, 0.1) is 11.3 Å². The minimum absolute atomic E-state index is 0.299. The van der Waals surface area contributed by atoms with Crippen molar-refractivity contribution in [1.29, 1.82) is 5.26 Å². The Kier molecular flexibility index (Phi) is 3.67. The average Bonchev–Trinajstić information content (AvgIpc) is 3.19. The second-order valence-corrected chi connectivity index (χ2v) is 4.89. The smallest absolute Gasteiger partial charge is 0.106 e. The molecule has 0 amide bonds. The summed E-state index contributed by atoms with van der Waals surface area (Å²) in [7, 11) is 1.73. The first-order chi connectivity index (χ1) is 8.63. The van der Waals surface area contributed by atoms with Gasteiger partial charge in [-0.2, -0.15) is 5.26 Å². The van der Waals surface area contributed by atoms with Gasteiger partial charge in [0.1, 0.15) is 6.10 Å². The fraction of sp³-hybridized carbons (Fsp3) is 0.500. The first-order valence-electron chi connectivity index (χ1n) is 6.15. The van der Waals surface area contributed by atoms with Crippen molar-refractivity contribution in [3.05, 3.63) is 35.4 Å². The zero-order valence-electron chi connectivity index (χ0n) is 10.4. The van der Waals surface area contributed by atoms with Crippen LogP contribution in [0.15, 0.2) is 24.3 Å². The van der Waals surface area contributed by atoms with E-state index in [9.17, 15) is 10.2 Å². The molecule has 1 aliphatic rings. The topological polar surface area (TPSA) is 76.3 Å². The highest BCUT2D eigenvalue weighted by Crippen LogP contribution is 2.47. The van der Waals surface area contributed by atoms with Gasteiger partial charge in [-0.15, -0.1) is 0 Å². The summed E-state index contributed by atoms with van der Waals surface area (Å²) in [6.07, 6.45) is 0.0945. The highest BCUT2D eigenvalue weighted by molar-refractivity contribution is 5.40. The lowest BCUT2D eigenvalue weighted by molar-refractivity contribution is 0.0202. The van der Waals surface area contributed by atoms with Crippen molar-refractivity contribution in [3.8, 4) is 6.07 Å². The van der Waals surface area contributed by atoms with E-state index in [-0.39, 0.29) is 5.41 Å². The highest BCUT2D eigenvalue weighted by Gasteiger charge is 2.44. The number of hydrogen-bond acceptors (Lipinski definition) is 4. The molecule has 0 aliphatic heterocycles. The Morgan fingerprint density at radius 3 is 2.39 bits per heavy atom. The first kappa shape index (κ1) is 13.0. The third-order valence-electron chi connectivity index (χ3n) is 3.55. The predicted octanol–water partition coefficient (Wildman–Crippen LogP) is 0.855. The summed E-state index contributed by atoms with van der Waals surface area (Å²) in [6.45, 7) is 0.338. The Hall–Kier alpha value is -1.41. The third kappa shape index (κ3) is 2.39. The van der Waals surface area contributed by atoms with E-state index in [4.69, 9.17) is 5.26 Å². The zero-order valence-corrected chi connectivity index (χ0v) is 10.4. The minimum atomic E-state index is -0.899. The molecule has 18 heavy (non-hydrogen) atoms. The molecule has 1 aromatic carbocycles. The van der Waals surface area contributed by atoms with E-state index in [1.165, 1.54) is 0 Å². The van der Waals surface area contributed by atoms with Crippen LogP contribution in [0.5, 0.6) is 0 Å². The summed E-state index contributed by atoms with van der Waals surface area (Å²) in [5, 5.41) is 31.5. The third-order valence-corrected chi connectivity index (χ3v) is 3.55. The van der Waals surface area contributed by atoms with E-state index in [0.29, 0.717) is 12.1 Å². The van der Waals surface area contributed by atoms with Gasteiger partial charge in [-0.05, 0) is 31.0 Å². The molecule has 0 spiro atoms. The van der Waals surface area contributed by atoms with E-state index in [2.05, 4.69) is 11.4 Å². The lowest BCUT2D eigenvalue weighted by Gasteiger charge is -2.18. The number of aliphatic hydroxyl groups excluding tert-OH is 2. The molecule has 0 saturated heterocycles. The van der Waals surface area contributed by atoms with Crippen LogP contribution in [0.2, 0.25) is 0 Å². The van der Waals surface area contributed by atoms with Crippen molar-refractivity contribution in [2.75, 3.05) is 13.6 Å². The van der Waals surface area contributed by atoms with Crippen LogP contribution in [-0.2, 0) is 5.41 Å². The van der Waals surface area contributed by atoms with Crippen LogP contribution in [0.1, 0.15) is 30.1 Å². The molecule has 2 atom stereocenters. The van der Waals surface area contributed by atoms with Gasteiger partial charge in [0.15, 0.2) is 0 Å². The lowest BCUT2D eigenvalue weighted by Crippen LogP contribution is -2.29. The van der Waals surface area contributed by atoms with Gasteiger partial charge in [-0.1, -0.05) is 24.3 Å². The van der Waals surface area contributed by atoms with Gasteiger partial charge in [-0.3, -0.25) is 0 Å². The fourth-order valence-corrected chi connectivity index (χ4v) is 2.13. The summed E-state index contributed by atoms with van der Waals surface area (Å²) < 4.78 is 0. The van der Waals surface area contributed by atoms with E-state index < -0.39 is 12.2 Å². The zero-order chi connectivity index (χ0) is 13.2. The summed E-state index contributed by atoms with van der Waals surface area (Å²) >= 11 is 0. The standard InChI is InChI=1S/C14H18N2O2/c1-16-8-12(17)13(18)10-2-4-11(5-3-10)14(9-15)6-7-14/h2-5,12-13,16-18H,6-8H2,1H3. The Balaban J connectivity index is 2.11. The van der Waals surface area contributed by atoms with E-state index >= 15 is 0 Å². The maximum atomic E-state index is 9.93. The number of aliphatic hydroxyl groups is 2. The maximum absolute atomic E-state index is 9.93. The molecular formula is C14H18N2O2. The highest BCUT2D eigenvalue weighted by atomic mass is 16.3. The molecule has 1 saturated carbocycles. The SMILES string of the molecule is CNCC(O)C(O)c1ccc(C2(C#N)CC2)cc1. The van der Waals surface area contributed by atoms with Crippen molar-refractivity contribution in [2.45, 2.75) is 30.5 Å². The molecule has 0 aromatic heterocycles. The number of likely N-dealkylation sites (N-methyl/N-ethyl adjacent to an activating group) is 1. The summed E-state index contributed by atoms with van der Waals surface area (Å²) in [6, 6.07) is 9.67. The molecule has 0 heterocycles. The average molecular weight is 246 g/mol. The quantitative estimate of drug-likeness (QED) is 0.720. The maximum Gasteiger partial charge on any atom is 0.106 e. The Morgan fingerprint density at radius 2 is 1.94 bits per heavy atom. The van der Waals surface area contributed by atoms with E-state index in [1.807, 2.05) is 12.1 Å². The van der Waals surface area contributed by atoms with E-state index in [1.54, 1.807) is 19.2 Å². The van der Waals surface area contributed by atoms with Crippen molar-refractivity contribution >= 4 is 0 Å². The van der Waals surface area contributed by atoms with Crippen LogP contribution >= 0.6 is 0 Å². The van der Waals surface area contributed by atoms with E-state index in [0.717, 1.165) is 18.4 Å². The Bertz CT molecular complexity index is 446. The van der Waals surface area contributed by atoms with Crippen LogP contribution in [0.3, 0.4) is 0 Å². The predicted molar refractivity (Wildman–Crippen MR) is 67.9 cm³/mol. The van der Waals surface area contributed by atoms with Crippen LogP contribution in [0.4, 0.5) is 0 Å². The normalized spacial score (nSPS) is 19.9. The van der Waals surface area contributed by atoms with Crippen molar-refractivity contribution in [1.82, 2.24) is 5.32 Å². The Labute approximate surface area is 107 Å². The summed E-state index contributed by atoms with van der Waals surface area (Å²) in [5.74, 6) is 0. The van der Waals surface area contributed by atoms with Crippen molar-refractivity contribution in [2.24, 2.45) is 0 Å². The Morgan fingerprint density at radius 1 is 1.33 bits per heavy atom. The molecule has 0 radical (unpaired) electrons. The molecular weight excluding hydrogens is 228 g/mol. The van der Waals surface area contributed by atoms with Gasteiger partial charge in [0.2, 0.25) is 0 Å². The molecule has 2 rings (SSSR count). The number of rotatable bonds is 5. The number of hydrogen-bond donors (Lipinski definition) is 3. The van der Waals surface area contributed by atoms with Gasteiger partial charge in [0.25, 0.3) is 0 Å². The lowest BCUT2D eigenvalue weighted by atomic mass is 9.94. The minimum Gasteiger partial charge on any atom is -0.389 e. The second kappa shape index (κ2) is 5.07. The number of nitriles is 1. The van der Waals surface area contributed by atoms with Gasteiger partial charge in [0.05, 0.1) is 17.6 Å². The van der Waals surface area contributed by atoms with Crippen molar-refractivity contribution in [3.63, 3.8) is 0 Å². The second-order valence-electron chi connectivity index (χ2n) is 4.89. The first-order valence-corrected chi connectivity index (χ1v) is 6.15. The number of nitrogens with one attached hydrogen (secondary N) is 1.